The number of amides is 4. The first-order chi connectivity index (χ1) is 17.1. The highest BCUT2D eigenvalue weighted by molar-refractivity contribution is 5.99. The third-order valence-electron chi connectivity index (χ3n) is 6.05. The number of hydrogen-bond acceptors (Lipinski definition) is 6. The van der Waals surface area contributed by atoms with Crippen molar-refractivity contribution in [3.05, 3.63) is 29.8 Å². The molecule has 1 heterocycles. The van der Waals surface area contributed by atoms with Crippen LogP contribution in [0.1, 0.15) is 57.3 Å². The highest BCUT2D eigenvalue weighted by Crippen LogP contribution is 2.20. The molecule has 10 heteroatoms. The van der Waals surface area contributed by atoms with Crippen LogP contribution in [0.25, 0.3) is 0 Å². The van der Waals surface area contributed by atoms with Crippen LogP contribution in [-0.4, -0.2) is 68.6 Å². The van der Waals surface area contributed by atoms with Gasteiger partial charge in [-0.2, -0.15) is 0 Å². The van der Waals surface area contributed by atoms with Crippen LogP contribution in [0.5, 0.6) is 5.75 Å². The number of ether oxygens (including phenoxy) is 2. The molecule has 4 N–H and O–H groups in total. The number of fused-ring (bicyclic) bond motifs is 1. The predicted molar refractivity (Wildman–Crippen MR) is 135 cm³/mol. The fourth-order valence-electron chi connectivity index (χ4n) is 3.75. The molecule has 0 aromatic heterocycles. The molecule has 0 unspecified atom stereocenters. The Hall–Kier alpha value is -3.14. The Kier molecular flexibility index (Phi) is 11.7. The van der Waals surface area contributed by atoms with E-state index in [1.54, 1.807) is 31.4 Å². The molecule has 36 heavy (non-hydrogen) atoms. The van der Waals surface area contributed by atoms with Crippen molar-refractivity contribution in [2.45, 2.75) is 65.1 Å². The van der Waals surface area contributed by atoms with Gasteiger partial charge in [-0.05, 0) is 36.8 Å². The third kappa shape index (κ3) is 8.82. The number of rotatable bonds is 7. The molecule has 2 rings (SSSR count). The van der Waals surface area contributed by atoms with E-state index in [9.17, 15) is 19.2 Å². The first-order valence-electron chi connectivity index (χ1n) is 12.5. The second kappa shape index (κ2) is 14.4. The predicted octanol–water partition coefficient (Wildman–Crippen LogP) is 1.39. The van der Waals surface area contributed by atoms with Crippen molar-refractivity contribution in [2.75, 3.05) is 26.9 Å². The van der Waals surface area contributed by atoms with Crippen LogP contribution in [-0.2, 0) is 19.1 Å². The minimum absolute atomic E-state index is 0.0420. The summed E-state index contributed by atoms with van der Waals surface area (Å²) in [6.45, 7) is 8.62. The van der Waals surface area contributed by atoms with Crippen molar-refractivity contribution in [3.8, 4) is 5.75 Å². The number of carbonyl (C=O) groups is 4. The standard InChI is InChI=1S/C26H40N4O6/c1-16(2)20-15-36-21-10-7-6-9-18(21)24(32)28-19(25(33)27-13-8-14-35-5)11-12-22(31)30-23(17(3)4)26(34)29-20/h6-7,9-10,16-17,19-20,23H,8,11-15H2,1-5H3,(H,27,33)(H,28,32)(H,29,34)(H,30,31)/t19-,20+,23+/m0/s1. The number of para-hydroxylation sites is 1. The van der Waals surface area contributed by atoms with E-state index in [-0.39, 0.29) is 54.7 Å². The Labute approximate surface area is 213 Å². The number of benzene rings is 1. The lowest BCUT2D eigenvalue weighted by Gasteiger charge is -2.27. The molecular weight excluding hydrogens is 464 g/mol. The van der Waals surface area contributed by atoms with E-state index in [4.69, 9.17) is 9.47 Å². The van der Waals surface area contributed by atoms with Crippen molar-refractivity contribution < 1.29 is 28.7 Å². The Morgan fingerprint density at radius 1 is 1.08 bits per heavy atom. The number of methoxy groups -OCH3 is 1. The average Bonchev–Trinajstić information content (AvgIpc) is 2.84. The maximum Gasteiger partial charge on any atom is 0.255 e. The van der Waals surface area contributed by atoms with Crippen LogP contribution in [0.3, 0.4) is 0 Å². The minimum Gasteiger partial charge on any atom is -0.491 e. The molecule has 0 saturated heterocycles. The van der Waals surface area contributed by atoms with Crippen molar-refractivity contribution in [2.24, 2.45) is 11.8 Å². The Balaban J connectivity index is 2.34. The normalized spacial score (nSPS) is 21.9. The van der Waals surface area contributed by atoms with Crippen LogP contribution >= 0.6 is 0 Å². The van der Waals surface area contributed by atoms with Crippen molar-refractivity contribution in [1.29, 1.82) is 0 Å². The quantitative estimate of drug-likeness (QED) is 0.415. The summed E-state index contributed by atoms with van der Waals surface area (Å²) >= 11 is 0. The Bertz CT molecular complexity index is 904. The smallest absolute Gasteiger partial charge is 0.255 e. The molecule has 1 aliphatic rings. The summed E-state index contributed by atoms with van der Waals surface area (Å²) in [5, 5.41) is 11.3. The zero-order valence-corrected chi connectivity index (χ0v) is 21.9. The summed E-state index contributed by atoms with van der Waals surface area (Å²) in [7, 11) is 1.58. The topological polar surface area (TPSA) is 135 Å². The van der Waals surface area contributed by atoms with E-state index < -0.39 is 23.9 Å². The first kappa shape index (κ1) is 29.1. The average molecular weight is 505 g/mol. The fourth-order valence-corrected chi connectivity index (χ4v) is 3.75. The lowest BCUT2D eigenvalue weighted by atomic mass is 10.00. The lowest BCUT2D eigenvalue weighted by molar-refractivity contribution is -0.131. The maximum absolute atomic E-state index is 13.2. The molecule has 0 radical (unpaired) electrons. The van der Waals surface area contributed by atoms with Gasteiger partial charge in [0, 0.05) is 26.7 Å². The van der Waals surface area contributed by atoms with E-state index in [1.165, 1.54) is 0 Å². The van der Waals surface area contributed by atoms with E-state index in [1.807, 2.05) is 27.7 Å². The Morgan fingerprint density at radius 3 is 2.47 bits per heavy atom. The van der Waals surface area contributed by atoms with Gasteiger partial charge in [0.25, 0.3) is 5.91 Å². The summed E-state index contributed by atoms with van der Waals surface area (Å²) in [6.07, 6.45) is 0.638. The van der Waals surface area contributed by atoms with Gasteiger partial charge in [-0.15, -0.1) is 0 Å². The van der Waals surface area contributed by atoms with Gasteiger partial charge in [-0.1, -0.05) is 39.8 Å². The Morgan fingerprint density at radius 2 is 1.81 bits per heavy atom. The van der Waals surface area contributed by atoms with Crippen LogP contribution in [0, 0.1) is 11.8 Å². The van der Waals surface area contributed by atoms with Crippen molar-refractivity contribution in [1.82, 2.24) is 21.3 Å². The van der Waals surface area contributed by atoms with Crippen LogP contribution in [0.15, 0.2) is 24.3 Å². The highest BCUT2D eigenvalue weighted by atomic mass is 16.5. The van der Waals surface area contributed by atoms with E-state index in [0.717, 1.165) is 0 Å². The zero-order chi connectivity index (χ0) is 26.7. The molecule has 4 amide bonds. The SMILES string of the molecule is COCCCNC(=O)[C@@H]1CCC(=O)N[C@H](C(C)C)C(=O)N[C@@H](C(C)C)COc2ccccc2C(=O)N1. The van der Waals surface area contributed by atoms with Gasteiger partial charge in [-0.25, -0.2) is 0 Å². The van der Waals surface area contributed by atoms with Gasteiger partial charge in [0.2, 0.25) is 17.7 Å². The summed E-state index contributed by atoms with van der Waals surface area (Å²) < 4.78 is 11.0. The second-order valence-corrected chi connectivity index (χ2v) is 9.66. The number of hydrogen-bond donors (Lipinski definition) is 4. The fraction of sp³-hybridized carbons (Fsp3) is 0.615. The summed E-state index contributed by atoms with van der Waals surface area (Å²) in [6, 6.07) is 4.71. The van der Waals surface area contributed by atoms with Gasteiger partial charge in [0.1, 0.15) is 24.4 Å². The maximum atomic E-state index is 13.2. The molecule has 1 aromatic rings. The van der Waals surface area contributed by atoms with Crippen LogP contribution in [0.2, 0.25) is 0 Å². The van der Waals surface area contributed by atoms with Gasteiger partial charge in [0.05, 0.1) is 11.6 Å². The van der Waals surface area contributed by atoms with Crippen molar-refractivity contribution in [3.63, 3.8) is 0 Å². The molecule has 0 fully saturated rings. The molecule has 0 aliphatic carbocycles. The van der Waals surface area contributed by atoms with Crippen LogP contribution < -0.4 is 26.0 Å². The molecule has 0 saturated carbocycles. The van der Waals surface area contributed by atoms with Gasteiger partial charge in [0.15, 0.2) is 0 Å². The number of nitrogens with one attached hydrogen (secondary N) is 4. The molecule has 200 valence electrons. The monoisotopic (exact) mass is 504 g/mol. The third-order valence-corrected chi connectivity index (χ3v) is 6.05. The minimum atomic E-state index is -0.946. The molecule has 10 nitrogen and oxygen atoms in total. The molecule has 0 spiro atoms. The van der Waals surface area contributed by atoms with Crippen molar-refractivity contribution >= 4 is 23.6 Å². The number of carbonyl (C=O) groups excluding carboxylic acids is 4. The molecule has 3 atom stereocenters. The van der Waals surface area contributed by atoms with Gasteiger partial charge >= 0.3 is 0 Å². The zero-order valence-electron chi connectivity index (χ0n) is 21.9. The lowest BCUT2D eigenvalue weighted by Crippen LogP contribution is -2.54. The molecule has 1 aromatic carbocycles. The van der Waals surface area contributed by atoms with Gasteiger partial charge in [-0.3, -0.25) is 19.2 Å². The largest absolute Gasteiger partial charge is 0.491 e. The summed E-state index contributed by atoms with van der Waals surface area (Å²) in [5.74, 6) is -1.32. The molecule has 0 bridgehead atoms. The van der Waals surface area contributed by atoms with Gasteiger partial charge < -0.3 is 30.7 Å². The summed E-state index contributed by atoms with van der Waals surface area (Å²) in [5.41, 5.74) is 0.267. The van der Waals surface area contributed by atoms with E-state index >= 15 is 0 Å². The van der Waals surface area contributed by atoms with E-state index in [2.05, 4.69) is 21.3 Å². The second-order valence-electron chi connectivity index (χ2n) is 9.66. The highest BCUT2D eigenvalue weighted by Gasteiger charge is 2.30. The van der Waals surface area contributed by atoms with Crippen LogP contribution in [0.4, 0.5) is 0 Å². The first-order valence-corrected chi connectivity index (χ1v) is 12.5. The molecular formula is C26H40N4O6. The van der Waals surface area contributed by atoms with E-state index in [0.29, 0.717) is 25.3 Å². The summed E-state index contributed by atoms with van der Waals surface area (Å²) in [4.78, 5) is 51.9. The molecule has 1 aliphatic heterocycles.